The number of imide groups is 1. The smallest absolute Gasteiger partial charge is 0.407 e. The van der Waals surface area contributed by atoms with Gasteiger partial charge in [-0.2, -0.15) is 0 Å². The molecule has 9 heteroatoms. The van der Waals surface area contributed by atoms with Gasteiger partial charge in [0, 0.05) is 19.6 Å². The molecule has 0 aromatic rings. The van der Waals surface area contributed by atoms with Gasteiger partial charge in [0.15, 0.2) is 0 Å². The van der Waals surface area contributed by atoms with Crippen LogP contribution in [0.1, 0.15) is 65.7 Å². The number of carbonyl (C=O) groups excluding carboxylic acids is 4. The fourth-order valence-electron chi connectivity index (χ4n) is 4.48. The van der Waals surface area contributed by atoms with Crippen molar-refractivity contribution in [2.45, 2.75) is 76.9 Å². The summed E-state index contributed by atoms with van der Waals surface area (Å²) in [5, 5.41) is 5.63. The Morgan fingerprint density at radius 2 is 1.77 bits per heavy atom. The number of piperidine rings is 1. The second kappa shape index (κ2) is 8.81. The number of urea groups is 1. The first-order chi connectivity index (χ1) is 14.1. The lowest BCUT2D eigenvalue weighted by molar-refractivity contribution is -0.140. The van der Waals surface area contributed by atoms with E-state index in [1.54, 1.807) is 4.90 Å². The number of nitrogens with one attached hydrogen (secondary N) is 2. The first-order valence-corrected chi connectivity index (χ1v) is 11.0. The van der Waals surface area contributed by atoms with Crippen LogP contribution in [0.4, 0.5) is 9.59 Å². The SMILES string of the molecule is CC(C)(C)OC(=O)NCC1CCN(C(=O)CN2C(=O)NC3(CCCCC3)C2=O)CC1. The molecule has 3 aliphatic rings. The summed E-state index contributed by atoms with van der Waals surface area (Å²) in [5.41, 5.74) is -1.33. The Kier molecular flexibility index (Phi) is 6.57. The average Bonchev–Trinajstić information content (AvgIpc) is 2.90. The number of amides is 5. The molecule has 2 N–H and O–H groups in total. The van der Waals surface area contributed by atoms with Crippen LogP contribution in [0.2, 0.25) is 0 Å². The predicted octanol–water partition coefficient (Wildman–Crippen LogP) is 2.00. The summed E-state index contributed by atoms with van der Waals surface area (Å²) in [6.07, 6.45) is 5.28. The highest BCUT2D eigenvalue weighted by atomic mass is 16.6. The summed E-state index contributed by atoms with van der Waals surface area (Å²) >= 11 is 0. The van der Waals surface area contributed by atoms with E-state index in [4.69, 9.17) is 4.74 Å². The monoisotopic (exact) mass is 422 g/mol. The Hall–Kier alpha value is -2.32. The predicted molar refractivity (Wildman–Crippen MR) is 110 cm³/mol. The number of alkyl carbamates (subject to hydrolysis) is 1. The largest absolute Gasteiger partial charge is 0.444 e. The van der Waals surface area contributed by atoms with Crippen molar-refractivity contribution >= 4 is 23.9 Å². The molecule has 0 aromatic carbocycles. The van der Waals surface area contributed by atoms with Crippen molar-refractivity contribution in [1.29, 1.82) is 0 Å². The lowest BCUT2D eigenvalue weighted by Gasteiger charge is -2.33. The molecule has 1 spiro atoms. The van der Waals surface area contributed by atoms with E-state index in [2.05, 4.69) is 10.6 Å². The van der Waals surface area contributed by atoms with Gasteiger partial charge in [-0.25, -0.2) is 9.59 Å². The molecule has 0 radical (unpaired) electrons. The fraction of sp³-hybridized carbons (Fsp3) is 0.810. The van der Waals surface area contributed by atoms with Crippen LogP contribution >= 0.6 is 0 Å². The molecule has 2 saturated heterocycles. The number of hydrogen-bond acceptors (Lipinski definition) is 5. The van der Waals surface area contributed by atoms with Crippen molar-refractivity contribution in [3.8, 4) is 0 Å². The number of carbonyl (C=O) groups is 4. The minimum absolute atomic E-state index is 0.201. The number of nitrogens with zero attached hydrogens (tertiary/aromatic N) is 2. The van der Waals surface area contributed by atoms with Gasteiger partial charge in [0.2, 0.25) is 5.91 Å². The van der Waals surface area contributed by atoms with E-state index in [1.165, 1.54) is 0 Å². The highest BCUT2D eigenvalue weighted by molar-refractivity contribution is 6.09. The molecule has 1 aliphatic carbocycles. The van der Waals surface area contributed by atoms with Crippen molar-refractivity contribution in [3.05, 3.63) is 0 Å². The lowest BCUT2D eigenvalue weighted by Crippen LogP contribution is -2.50. The van der Waals surface area contributed by atoms with Gasteiger partial charge in [-0.15, -0.1) is 0 Å². The molecule has 30 heavy (non-hydrogen) atoms. The first kappa shape index (κ1) is 22.4. The minimum Gasteiger partial charge on any atom is -0.444 e. The van der Waals surface area contributed by atoms with Crippen LogP contribution in [0.3, 0.4) is 0 Å². The Morgan fingerprint density at radius 1 is 1.13 bits per heavy atom. The molecule has 9 nitrogen and oxygen atoms in total. The first-order valence-electron chi connectivity index (χ1n) is 11.0. The summed E-state index contributed by atoms with van der Waals surface area (Å²) in [6, 6.07) is -0.452. The Balaban J connectivity index is 1.44. The molecular weight excluding hydrogens is 388 g/mol. The molecule has 2 heterocycles. The van der Waals surface area contributed by atoms with Gasteiger partial charge in [0.1, 0.15) is 17.7 Å². The zero-order valence-electron chi connectivity index (χ0n) is 18.3. The summed E-state index contributed by atoms with van der Waals surface area (Å²) in [6.45, 7) is 6.86. The zero-order valence-corrected chi connectivity index (χ0v) is 18.3. The molecule has 0 unspecified atom stereocenters. The van der Waals surface area contributed by atoms with Crippen molar-refractivity contribution in [3.63, 3.8) is 0 Å². The highest BCUT2D eigenvalue weighted by Crippen LogP contribution is 2.33. The van der Waals surface area contributed by atoms with Crippen LogP contribution in [0.5, 0.6) is 0 Å². The second-order valence-electron chi connectivity index (χ2n) is 9.67. The highest BCUT2D eigenvalue weighted by Gasteiger charge is 2.51. The van der Waals surface area contributed by atoms with Crippen LogP contribution in [0.25, 0.3) is 0 Å². The molecule has 0 aromatic heterocycles. The van der Waals surface area contributed by atoms with Crippen LogP contribution in [-0.2, 0) is 14.3 Å². The van der Waals surface area contributed by atoms with Crippen molar-refractivity contribution in [2.24, 2.45) is 5.92 Å². The topological polar surface area (TPSA) is 108 Å². The van der Waals surface area contributed by atoms with E-state index < -0.39 is 23.3 Å². The van der Waals surface area contributed by atoms with E-state index in [0.717, 1.165) is 37.0 Å². The zero-order chi connectivity index (χ0) is 21.9. The van der Waals surface area contributed by atoms with Crippen LogP contribution < -0.4 is 10.6 Å². The number of likely N-dealkylation sites (tertiary alicyclic amines) is 1. The Morgan fingerprint density at radius 3 is 2.37 bits per heavy atom. The molecule has 168 valence electrons. The van der Waals surface area contributed by atoms with Crippen molar-refractivity contribution in [1.82, 2.24) is 20.4 Å². The maximum absolute atomic E-state index is 12.8. The summed E-state index contributed by atoms with van der Waals surface area (Å²) in [4.78, 5) is 52.5. The maximum Gasteiger partial charge on any atom is 0.407 e. The molecule has 3 fully saturated rings. The van der Waals surface area contributed by atoms with E-state index in [0.29, 0.717) is 32.5 Å². The summed E-state index contributed by atoms with van der Waals surface area (Å²) < 4.78 is 5.24. The van der Waals surface area contributed by atoms with Gasteiger partial charge in [0.05, 0.1) is 0 Å². The van der Waals surface area contributed by atoms with Gasteiger partial charge in [0.25, 0.3) is 5.91 Å². The minimum atomic E-state index is -0.796. The third-order valence-corrected chi connectivity index (χ3v) is 6.15. The Bertz CT molecular complexity index is 688. The molecular formula is C21H34N4O5. The molecule has 3 rings (SSSR count). The third kappa shape index (κ3) is 5.23. The average molecular weight is 423 g/mol. The van der Waals surface area contributed by atoms with Crippen LogP contribution in [0, 0.1) is 5.92 Å². The van der Waals surface area contributed by atoms with E-state index in [1.807, 2.05) is 20.8 Å². The normalized spacial score (nSPS) is 22.2. The quantitative estimate of drug-likeness (QED) is 0.674. The molecule has 2 aliphatic heterocycles. The number of rotatable bonds is 4. The maximum atomic E-state index is 12.8. The van der Waals surface area contributed by atoms with Gasteiger partial charge < -0.3 is 20.3 Å². The third-order valence-electron chi connectivity index (χ3n) is 6.15. The van der Waals surface area contributed by atoms with E-state index >= 15 is 0 Å². The van der Waals surface area contributed by atoms with Gasteiger partial charge in [-0.3, -0.25) is 14.5 Å². The molecule has 0 atom stereocenters. The molecule has 1 saturated carbocycles. The van der Waals surface area contributed by atoms with E-state index in [9.17, 15) is 19.2 Å². The van der Waals surface area contributed by atoms with Crippen LogP contribution in [0.15, 0.2) is 0 Å². The van der Waals surface area contributed by atoms with E-state index in [-0.39, 0.29) is 24.3 Å². The standard InChI is InChI=1S/C21H34N4O5/c1-20(2,3)30-19(29)22-13-15-7-11-24(12-8-15)16(26)14-25-17(27)21(23-18(25)28)9-5-4-6-10-21/h15H,4-14H2,1-3H3,(H,22,29)(H,23,28). The molecule has 0 bridgehead atoms. The van der Waals surface area contributed by atoms with Crippen molar-refractivity contribution in [2.75, 3.05) is 26.2 Å². The number of ether oxygens (including phenoxy) is 1. The van der Waals surface area contributed by atoms with Gasteiger partial charge >= 0.3 is 12.1 Å². The fourth-order valence-corrected chi connectivity index (χ4v) is 4.48. The lowest BCUT2D eigenvalue weighted by atomic mass is 9.82. The van der Waals surface area contributed by atoms with Gasteiger partial charge in [-0.1, -0.05) is 19.3 Å². The van der Waals surface area contributed by atoms with Crippen molar-refractivity contribution < 1.29 is 23.9 Å². The Labute approximate surface area is 177 Å². The summed E-state index contributed by atoms with van der Waals surface area (Å²) in [5.74, 6) is -0.189. The summed E-state index contributed by atoms with van der Waals surface area (Å²) in [7, 11) is 0. The molecule has 5 amide bonds. The van der Waals surface area contributed by atoms with Gasteiger partial charge in [-0.05, 0) is 52.4 Å². The number of hydrogen-bond donors (Lipinski definition) is 2. The second-order valence-corrected chi connectivity index (χ2v) is 9.67. The van der Waals surface area contributed by atoms with Crippen LogP contribution in [-0.4, -0.2) is 71.1 Å².